The Morgan fingerprint density at radius 1 is 1.57 bits per heavy atom. The lowest BCUT2D eigenvalue weighted by Crippen LogP contribution is -2.04. The van der Waals surface area contributed by atoms with Crippen LogP contribution in [-0.4, -0.2) is 17.4 Å². The van der Waals surface area contributed by atoms with Crippen molar-refractivity contribution in [2.24, 2.45) is 0 Å². The predicted molar refractivity (Wildman–Crippen MR) is 73.4 cm³/mol. The second-order valence-electron chi connectivity index (χ2n) is 2.81. The summed E-state index contributed by atoms with van der Waals surface area (Å²) < 4.78 is 1.21. The molecule has 0 radical (unpaired) electrons. The molecular formula is C10H10BrIOS. The maximum atomic E-state index is 11.3. The Morgan fingerprint density at radius 2 is 2.29 bits per heavy atom. The van der Waals surface area contributed by atoms with Crippen LogP contribution in [0.4, 0.5) is 0 Å². The summed E-state index contributed by atoms with van der Waals surface area (Å²) in [5.41, 5.74) is 1.13. The summed E-state index contributed by atoms with van der Waals surface area (Å²) in [5.74, 6) is 0.224. The van der Waals surface area contributed by atoms with Crippen molar-refractivity contribution in [2.75, 3.05) is 11.6 Å². The minimum absolute atomic E-state index is 0.224. The molecule has 0 heterocycles. The average molecular weight is 385 g/mol. The first-order valence-corrected chi connectivity index (χ1v) is 7.50. The molecular weight excluding hydrogens is 375 g/mol. The molecule has 76 valence electrons. The van der Waals surface area contributed by atoms with Gasteiger partial charge >= 0.3 is 0 Å². The number of thioether (sulfide) groups is 1. The van der Waals surface area contributed by atoms with E-state index in [1.54, 1.807) is 11.8 Å². The van der Waals surface area contributed by atoms with Crippen LogP contribution in [0, 0.1) is 3.57 Å². The van der Waals surface area contributed by atoms with Gasteiger partial charge in [-0.15, -0.1) is 11.8 Å². The van der Waals surface area contributed by atoms with E-state index in [0.29, 0.717) is 11.8 Å². The van der Waals surface area contributed by atoms with Crippen molar-refractivity contribution in [3.63, 3.8) is 0 Å². The molecule has 0 aliphatic heterocycles. The summed E-state index contributed by atoms with van der Waals surface area (Å²) in [6.45, 7) is 0. The smallest absolute Gasteiger partial charge is 0.147 e. The predicted octanol–water partition coefficient (Wildman–Crippen LogP) is 3.52. The Balaban J connectivity index is 2.90. The van der Waals surface area contributed by atoms with Gasteiger partial charge in [0.2, 0.25) is 0 Å². The van der Waals surface area contributed by atoms with Gasteiger partial charge in [0.15, 0.2) is 0 Å². The SMILES string of the molecule is CSc1cc(I)ccc1CC(=O)CBr. The lowest BCUT2D eigenvalue weighted by atomic mass is 10.1. The maximum Gasteiger partial charge on any atom is 0.147 e. The number of halogens is 2. The second-order valence-corrected chi connectivity index (χ2v) is 5.46. The molecule has 0 bridgehead atoms. The standard InChI is InChI=1S/C10H10BrIOS/c1-14-10-5-8(12)3-2-7(10)4-9(13)6-11/h2-3,5H,4,6H2,1H3. The Kier molecular flexibility index (Phi) is 5.48. The number of hydrogen-bond acceptors (Lipinski definition) is 2. The molecule has 1 rings (SSSR count). The molecule has 0 aliphatic rings. The van der Waals surface area contributed by atoms with Crippen molar-refractivity contribution in [3.8, 4) is 0 Å². The molecule has 0 N–H and O–H groups in total. The largest absolute Gasteiger partial charge is 0.298 e. The van der Waals surface area contributed by atoms with Crippen LogP contribution in [-0.2, 0) is 11.2 Å². The van der Waals surface area contributed by atoms with Gasteiger partial charge in [-0.2, -0.15) is 0 Å². The van der Waals surface area contributed by atoms with E-state index >= 15 is 0 Å². The zero-order valence-corrected chi connectivity index (χ0v) is 12.3. The van der Waals surface area contributed by atoms with Gasteiger partial charge in [0.1, 0.15) is 5.78 Å². The quantitative estimate of drug-likeness (QED) is 0.449. The van der Waals surface area contributed by atoms with E-state index in [9.17, 15) is 4.79 Å². The van der Waals surface area contributed by atoms with Crippen LogP contribution in [0.5, 0.6) is 0 Å². The Bertz CT molecular complexity index is 341. The third-order valence-electron chi connectivity index (χ3n) is 1.79. The molecule has 4 heteroatoms. The molecule has 0 spiro atoms. The summed E-state index contributed by atoms with van der Waals surface area (Å²) in [6, 6.07) is 6.19. The van der Waals surface area contributed by atoms with Gasteiger partial charge in [-0.1, -0.05) is 22.0 Å². The third kappa shape index (κ3) is 3.55. The molecule has 0 atom stereocenters. The first-order valence-electron chi connectivity index (χ1n) is 4.07. The van der Waals surface area contributed by atoms with Crippen LogP contribution in [0.3, 0.4) is 0 Å². The molecule has 1 aromatic rings. The van der Waals surface area contributed by atoms with Crippen molar-refractivity contribution < 1.29 is 4.79 Å². The minimum atomic E-state index is 0.224. The third-order valence-corrected chi connectivity index (χ3v) is 3.90. The molecule has 0 aliphatic carbocycles. The number of ketones is 1. The van der Waals surface area contributed by atoms with Gasteiger partial charge in [-0.05, 0) is 46.5 Å². The van der Waals surface area contributed by atoms with Gasteiger partial charge in [-0.25, -0.2) is 0 Å². The zero-order chi connectivity index (χ0) is 10.6. The van der Waals surface area contributed by atoms with E-state index in [4.69, 9.17) is 0 Å². The summed E-state index contributed by atoms with van der Waals surface area (Å²) in [5, 5.41) is 0.437. The Hall–Kier alpha value is 0.450. The van der Waals surface area contributed by atoms with Crippen molar-refractivity contribution in [1.29, 1.82) is 0 Å². The fourth-order valence-electron chi connectivity index (χ4n) is 1.12. The van der Waals surface area contributed by atoms with Gasteiger partial charge in [0.25, 0.3) is 0 Å². The first kappa shape index (κ1) is 12.5. The number of benzene rings is 1. The second kappa shape index (κ2) is 6.12. The van der Waals surface area contributed by atoms with E-state index in [2.05, 4.69) is 44.6 Å². The fourth-order valence-corrected chi connectivity index (χ4v) is 2.67. The van der Waals surface area contributed by atoms with E-state index in [1.165, 1.54) is 8.47 Å². The molecule has 1 nitrogen and oxygen atoms in total. The van der Waals surface area contributed by atoms with Crippen LogP contribution in [0.25, 0.3) is 0 Å². The lowest BCUT2D eigenvalue weighted by Gasteiger charge is -2.06. The molecule has 0 saturated carbocycles. The topological polar surface area (TPSA) is 17.1 Å². The van der Waals surface area contributed by atoms with E-state index in [-0.39, 0.29) is 5.78 Å². The van der Waals surface area contributed by atoms with Crippen LogP contribution in [0.2, 0.25) is 0 Å². The highest BCUT2D eigenvalue weighted by Gasteiger charge is 2.06. The Morgan fingerprint density at radius 3 is 2.86 bits per heavy atom. The van der Waals surface area contributed by atoms with Crippen molar-refractivity contribution in [3.05, 3.63) is 27.3 Å². The number of rotatable bonds is 4. The molecule has 0 amide bonds. The van der Waals surface area contributed by atoms with Crippen LogP contribution in [0.15, 0.2) is 23.1 Å². The molecule has 0 fully saturated rings. The molecule has 0 aromatic heterocycles. The van der Waals surface area contributed by atoms with E-state index in [0.717, 1.165) is 5.56 Å². The highest BCUT2D eigenvalue weighted by Crippen LogP contribution is 2.23. The van der Waals surface area contributed by atoms with Gasteiger partial charge in [0.05, 0.1) is 5.33 Å². The maximum absolute atomic E-state index is 11.3. The number of carbonyl (C=O) groups excluding carboxylic acids is 1. The van der Waals surface area contributed by atoms with Crippen molar-refractivity contribution >= 4 is 56.1 Å². The van der Waals surface area contributed by atoms with Crippen LogP contribution in [0.1, 0.15) is 5.56 Å². The van der Waals surface area contributed by atoms with Crippen LogP contribution >= 0.6 is 50.3 Å². The van der Waals surface area contributed by atoms with Gasteiger partial charge in [-0.3, -0.25) is 4.79 Å². The summed E-state index contributed by atoms with van der Waals surface area (Å²) in [6.07, 6.45) is 2.56. The number of Topliss-reactive ketones (excluding diaryl/α,β-unsaturated/α-hetero) is 1. The molecule has 0 unspecified atom stereocenters. The van der Waals surface area contributed by atoms with Crippen molar-refractivity contribution in [2.45, 2.75) is 11.3 Å². The monoisotopic (exact) mass is 384 g/mol. The first-order chi connectivity index (χ1) is 6.67. The normalized spacial score (nSPS) is 10.2. The van der Waals surface area contributed by atoms with E-state index < -0.39 is 0 Å². The van der Waals surface area contributed by atoms with Gasteiger partial charge < -0.3 is 0 Å². The summed E-state index contributed by atoms with van der Waals surface area (Å²) >= 11 is 7.15. The highest BCUT2D eigenvalue weighted by molar-refractivity contribution is 14.1. The summed E-state index contributed by atoms with van der Waals surface area (Å²) in [7, 11) is 0. The Labute approximate surface area is 110 Å². The van der Waals surface area contributed by atoms with E-state index in [1.807, 2.05) is 18.4 Å². The molecule has 1 aromatic carbocycles. The zero-order valence-electron chi connectivity index (χ0n) is 7.72. The fraction of sp³-hybridized carbons (Fsp3) is 0.300. The molecule has 0 saturated heterocycles. The van der Waals surface area contributed by atoms with Gasteiger partial charge in [0, 0.05) is 14.9 Å². The number of alkyl halides is 1. The number of hydrogen-bond donors (Lipinski definition) is 0. The average Bonchev–Trinajstić information content (AvgIpc) is 2.20. The highest BCUT2D eigenvalue weighted by atomic mass is 127. The lowest BCUT2D eigenvalue weighted by molar-refractivity contribution is -0.115. The number of carbonyl (C=O) groups is 1. The van der Waals surface area contributed by atoms with Crippen molar-refractivity contribution in [1.82, 2.24) is 0 Å². The van der Waals surface area contributed by atoms with Crippen LogP contribution < -0.4 is 0 Å². The molecule has 14 heavy (non-hydrogen) atoms. The minimum Gasteiger partial charge on any atom is -0.298 e. The summed E-state index contributed by atoms with van der Waals surface area (Å²) in [4.78, 5) is 12.5.